The van der Waals surface area contributed by atoms with Gasteiger partial charge in [-0.2, -0.15) is 17.8 Å². The Labute approximate surface area is 94.2 Å². The van der Waals surface area contributed by atoms with Gasteiger partial charge in [0.2, 0.25) is 0 Å². The SMILES string of the molecule is Nc1ccn(C2CCN(S(N)(=O)=O)CC2)n1. The average molecular weight is 245 g/mol. The van der Waals surface area contributed by atoms with Gasteiger partial charge in [-0.25, -0.2) is 5.14 Å². The van der Waals surface area contributed by atoms with Gasteiger partial charge in [0.1, 0.15) is 5.82 Å². The third kappa shape index (κ3) is 2.34. The Kier molecular flexibility index (Phi) is 2.87. The fourth-order valence-corrected chi connectivity index (χ4v) is 2.64. The molecule has 0 bridgehead atoms. The number of rotatable bonds is 2. The Morgan fingerprint density at radius 2 is 2.00 bits per heavy atom. The molecule has 4 N–H and O–H groups in total. The van der Waals surface area contributed by atoms with Crippen molar-refractivity contribution >= 4 is 16.0 Å². The van der Waals surface area contributed by atoms with Crippen LogP contribution in [0.4, 0.5) is 5.82 Å². The van der Waals surface area contributed by atoms with Crippen molar-refractivity contribution in [1.29, 1.82) is 0 Å². The van der Waals surface area contributed by atoms with Gasteiger partial charge in [0.15, 0.2) is 0 Å². The van der Waals surface area contributed by atoms with Crippen LogP contribution in [0.25, 0.3) is 0 Å². The first-order chi connectivity index (χ1) is 7.47. The number of hydrogen-bond donors (Lipinski definition) is 2. The maximum absolute atomic E-state index is 11.1. The minimum absolute atomic E-state index is 0.204. The topological polar surface area (TPSA) is 107 Å². The summed E-state index contributed by atoms with van der Waals surface area (Å²) in [7, 11) is -3.55. The van der Waals surface area contributed by atoms with Crippen molar-refractivity contribution in [2.45, 2.75) is 18.9 Å². The van der Waals surface area contributed by atoms with E-state index >= 15 is 0 Å². The fourth-order valence-electron chi connectivity index (χ4n) is 1.92. The van der Waals surface area contributed by atoms with Crippen LogP contribution in [0.5, 0.6) is 0 Å². The van der Waals surface area contributed by atoms with E-state index in [0.717, 1.165) is 0 Å². The predicted octanol–water partition coefficient (Wildman–Crippen LogP) is -0.694. The number of nitrogens with two attached hydrogens (primary N) is 2. The van der Waals surface area contributed by atoms with Gasteiger partial charge >= 0.3 is 0 Å². The molecule has 7 nitrogen and oxygen atoms in total. The van der Waals surface area contributed by atoms with Crippen molar-refractivity contribution in [3.63, 3.8) is 0 Å². The van der Waals surface area contributed by atoms with Crippen molar-refractivity contribution in [3.05, 3.63) is 12.3 Å². The van der Waals surface area contributed by atoms with E-state index in [-0.39, 0.29) is 6.04 Å². The Balaban J connectivity index is 2.00. The number of nitrogens with zero attached hydrogens (tertiary/aromatic N) is 3. The minimum atomic E-state index is -3.55. The van der Waals surface area contributed by atoms with Gasteiger partial charge in [-0.05, 0) is 18.9 Å². The Bertz CT molecular complexity index is 461. The molecule has 1 aliphatic rings. The zero-order valence-electron chi connectivity index (χ0n) is 8.78. The lowest BCUT2D eigenvalue weighted by Crippen LogP contribution is -2.42. The van der Waals surface area contributed by atoms with Crippen LogP contribution in [-0.4, -0.2) is 35.6 Å². The van der Waals surface area contributed by atoms with Gasteiger partial charge in [-0.15, -0.1) is 0 Å². The summed E-state index contributed by atoms with van der Waals surface area (Å²) in [5.74, 6) is 0.480. The normalized spacial score (nSPS) is 20.1. The first-order valence-corrected chi connectivity index (χ1v) is 6.55. The summed E-state index contributed by atoms with van der Waals surface area (Å²) >= 11 is 0. The van der Waals surface area contributed by atoms with E-state index in [4.69, 9.17) is 10.9 Å². The van der Waals surface area contributed by atoms with Crippen LogP contribution in [0.2, 0.25) is 0 Å². The lowest BCUT2D eigenvalue weighted by atomic mass is 10.1. The third-order valence-electron chi connectivity index (χ3n) is 2.79. The second-order valence-corrected chi connectivity index (χ2v) is 5.44. The zero-order valence-corrected chi connectivity index (χ0v) is 9.60. The molecule has 0 aromatic carbocycles. The van der Waals surface area contributed by atoms with Crippen molar-refractivity contribution in [1.82, 2.24) is 14.1 Å². The van der Waals surface area contributed by atoms with Crippen LogP contribution >= 0.6 is 0 Å². The second-order valence-electron chi connectivity index (χ2n) is 3.90. The number of hydrogen-bond acceptors (Lipinski definition) is 4. The molecule has 8 heteroatoms. The van der Waals surface area contributed by atoms with E-state index < -0.39 is 10.2 Å². The van der Waals surface area contributed by atoms with Gasteiger partial charge in [-0.3, -0.25) is 4.68 Å². The summed E-state index contributed by atoms with van der Waals surface area (Å²) < 4.78 is 25.3. The van der Waals surface area contributed by atoms with Crippen LogP contribution in [-0.2, 0) is 10.2 Å². The maximum atomic E-state index is 11.1. The molecule has 2 rings (SSSR count). The smallest absolute Gasteiger partial charge is 0.276 e. The van der Waals surface area contributed by atoms with Gasteiger partial charge in [-0.1, -0.05) is 0 Å². The van der Waals surface area contributed by atoms with Gasteiger partial charge < -0.3 is 5.73 Å². The molecule has 0 saturated carbocycles. The fraction of sp³-hybridized carbons (Fsp3) is 0.625. The third-order valence-corrected chi connectivity index (χ3v) is 3.87. The molecular formula is C8H15N5O2S. The molecule has 1 fully saturated rings. The molecule has 0 unspecified atom stereocenters. The minimum Gasteiger partial charge on any atom is -0.382 e. The molecule has 16 heavy (non-hydrogen) atoms. The highest BCUT2D eigenvalue weighted by Gasteiger charge is 2.26. The highest BCUT2D eigenvalue weighted by Crippen LogP contribution is 2.22. The monoisotopic (exact) mass is 245 g/mol. The van der Waals surface area contributed by atoms with Crippen molar-refractivity contribution in [2.24, 2.45) is 5.14 Å². The molecule has 1 saturated heterocycles. The molecule has 0 spiro atoms. The Morgan fingerprint density at radius 3 is 2.44 bits per heavy atom. The van der Waals surface area contributed by atoms with E-state index in [2.05, 4.69) is 5.10 Å². The maximum Gasteiger partial charge on any atom is 0.276 e. The van der Waals surface area contributed by atoms with Gasteiger partial charge in [0.25, 0.3) is 10.2 Å². The average Bonchev–Trinajstić information content (AvgIpc) is 2.64. The first-order valence-electron chi connectivity index (χ1n) is 5.05. The van der Waals surface area contributed by atoms with E-state index in [0.29, 0.717) is 31.7 Å². The number of aromatic nitrogens is 2. The molecule has 1 aromatic heterocycles. The molecule has 0 atom stereocenters. The van der Waals surface area contributed by atoms with Crippen molar-refractivity contribution < 1.29 is 8.42 Å². The Hall–Kier alpha value is -1.12. The van der Waals surface area contributed by atoms with E-state index in [9.17, 15) is 8.42 Å². The lowest BCUT2D eigenvalue weighted by molar-refractivity contribution is 0.261. The number of nitrogen functional groups attached to an aromatic ring is 1. The zero-order chi connectivity index (χ0) is 11.8. The molecule has 90 valence electrons. The molecule has 0 amide bonds. The molecule has 1 aliphatic heterocycles. The summed E-state index contributed by atoms with van der Waals surface area (Å²) in [5.41, 5.74) is 5.52. The van der Waals surface area contributed by atoms with Crippen LogP contribution in [0.15, 0.2) is 12.3 Å². The van der Waals surface area contributed by atoms with Gasteiger partial charge in [0.05, 0.1) is 6.04 Å². The van der Waals surface area contributed by atoms with Crippen molar-refractivity contribution in [2.75, 3.05) is 18.8 Å². The van der Waals surface area contributed by atoms with Crippen molar-refractivity contribution in [3.8, 4) is 0 Å². The highest BCUT2D eigenvalue weighted by atomic mass is 32.2. The number of anilines is 1. The van der Waals surface area contributed by atoms with Crippen LogP contribution in [0.1, 0.15) is 18.9 Å². The molecule has 1 aromatic rings. The summed E-state index contributed by atoms with van der Waals surface area (Å²) in [4.78, 5) is 0. The standard InChI is InChI=1S/C8H15N5O2S/c9-8-3-6-13(11-8)7-1-4-12(5-2-7)16(10,14)15/h3,6-7H,1-2,4-5H2,(H2,9,11)(H2,10,14,15). The van der Waals surface area contributed by atoms with E-state index in [1.54, 1.807) is 10.7 Å². The first kappa shape index (κ1) is 11.4. The molecule has 2 heterocycles. The predicted molar refractivity (Wildman–Crippen MR) is 59.6 cm³/mol. The second kappa shape index (κ2) is 4.04. The van der Waals surface area contributed by atoms with Crippen LogP contribution in [0, 0.1) is 0 Å². The van der Waals surface area contributed by atoms with Gasteiger partial charge in [0, 0.05) is 19.3 Å². The number of piperidine rings is 1. The summed E-state index contributed by atoms with van der Waals surface area (Å²) in [6.45, 7) is 0.868. The van der Waals surface area contributed by atoms with Crippen LogP contribution < -0.4 is 10.9 Å². The molecule has 0 aliphatic carbocycles. The summed E-state index contributed by atoms with van der Waals surface area (Å²) in [6.07, 6.45) is 3.22. The molecular weight excluding hydrogens is 230 g/mol. The lowest BCUT2D eigenvalue weighted by Gasteiger charge is -2.29. The highest BCUT2D eigenvalue weighted by molar-refractivity contribution is 7.86. The Morgan fingerprint density at radius 1 is 1.38 bits per heavy atom. The quantitative estimate of drug-likeness (QED) is 0.718. The van der Waals surface area contributed by atoms with E-state index in [1.165, 1.54) is 4.31 Å². The van der Waals surface area contributed by atoms with E-state index in [1.807, 2.05) is 6.20 Å². The summed E-state index contributed by atoms with van der Waals surface area (Å²) in [5, 5.41) is 9.17. The summed E-state index contributed by atoms with van der Waals surface area (Å²) in [6, 6.07) is 1.93. The van der Waals surface area contributed by atoms with Crippen LogP contribution in [0.3, 0.4) is 0 Å². The largest absolute Gasteiger partial charge is 0.382 e. The molecule has 0 radical (unpaired) electrons.